The first kappa shape index (κ1) is 28.5. The highest BCUT2D eigenvalue weighted by Gasteiger charge is 2.36. The Balaban J connectivity index is 1.49. The maximum absolute atomic E-state index is 15.0. The molecule has 1 amide bonds. The Morgan fingerprint density at radius 1 is 0.951 bits per heavy atom. The van der Waals surface area contributed by atoms with Crippen molar-refractivity contribution < 1.29 is 22.4 Å². The second kappa shape index (κ2) is 11.8. The average Bonchev–Trinajstić information content (AvgIpc) is 3.68. The van der Waals surface area contributed by atoms with E-state index in [9.17, 15) is 18.0 Å². The van der Waals surface area contributed by atoms with Gasteiger partial charge in [0.1, 0.15) is 11.5 Å². The molecule has 1 aromatic heterocycles. The molecule has 214 valence electrons. The molecular formula is C30H30F4N6O. The van der Waals surface area contributed by atoms with Crippen molar-refractivity contribution in [1.82, 2.24) is 15.1 Å². The Kier molecular flexibility index (Phi) is 8.20. The van der Waals surface area contributed by atoms with Gasteiger partial charge >= 0.3 is 6.18 Å². The minimum atomic E-state index is -4.80. The summed E-state index contributed by atoms with van der Waals surface area (Å²) in [4.78, 5) is 13.4. The fourth-order valence-electron chi connectivity index (χ4n) is 4.63. The van der Waals surface area contributed by atoms with Gasteiger partial charge in [-0.1, -0.05) is 42.5 Å². The number of nitrogens with zero attached hydrogens (tertiary/aromatic N) is 2. The summed E-state index contributed by atoms with van der Waals surface area (Å²) in [6.07, 6.45) is -2.53. The van der Waals surface area contributed by atoms with Crippen molar-refractivity contribution in [3.8, 4) is 5.69 Å². The van der Waals surface area contributed by atoms with Gasteiger partial charge in [0.15, 0.2) is 5.69 Å². The molecule has 1 atom stereocenters. The summed E-state index contributed by atoms with van der Waals surface area (Å²) in [6, 6.07) is 18.7. The number of hydrogen-bond donors (Lipinski definition) is 4. The molecule has 1 fully saturated rings. The molecule has 1 aliphatic carbocycles. The molecule has 6 N–H and O–H groups in total. The Labute approximate surface area is 234 Å². The van der Waals surface area contributed by atoms with Crippen LogP contribution in [-0.2, 0) is 19.3 Å². The fourth-order valence-corrected chi connectivity index (χ4v) is 4.63. The van der Waals surface area contributed by atoms with Crippen LogP contribution in [0, 0.1) is 11.7 Å². The van der Waals surface area contributed by atoms with Crippen molar-refractivity contribution in [2.75, 3.05) is 11.9 Å². The van der Waals surface area contributed by atoms with Gasteiger partial charge in [-0.3, -0.25) is 4.79 Å². The van der Waals surface area contributed by atoms with E-state index in [1.807, 2.05) is 24.3 Å². The Hall–Kier alpha value is -4.06. The summed E-state index contributed by atoms with van der Waals surface area (Å²) in [5, 5.41) is 9.63. The molecule has 4 aromatic rings. The molecule has 1 aliphatic rings. The van der Waals surface area contributed by atoms with Crippen molar-refractivity contribution in [2.24, 2.45) is 17.4 Å². The first-order valence-corrected chi connectivity index (χ1v) is 13.3. The molecule has 0 bridgehead atoms. The molecule has 0 spiro atoms. The standard InChI is InChI=1S/C30H30F4N6O/c31-24-10-9-22(28(37-17-18-7-8-18)21-5-1-3-19(11-21)15-35)13-25(24)38-29(41)26-14-27(30(32,33)34)39-40(26)23-6-2-4-20(12-23)16-36/h1-6,9-14,18,28,37H,7-8,15-17,35-36H2,(H,38,41). The van der Waals surface area contributed by atoms with Crippen LogP contribution in [0.15, 0.2) is 72.8 Å². The smallest absolute Gasteiger partial charge is 0.326 e. The van der Waals surface area contributed by atoms with E-state index in [2.05, 4.69) is 15.7 Å². The number of amides is 1. The molecule has 1 heterocycles. The molecule has 41 heavy (non-hydrogen) atoms. The lowest BCUT2D eigenvalue weighted by Gasteiger charge is -2.22. The van der Waals surface area contributed by atoms with E-state index >= 15 is 4.39 Å². The lowest BCUT2D eigenvalue weighted by atomic mass is 9.96. The summed E-state index contributed by atoms with van der Waals surface area (Å²) < 4.78 is 56.6. The number of benzene rings is 3. The van der Waals surface area contributed by atoms with E-state index in [0.717, 1.165) is 35.2 Å². The normalized spacial score (nSPS) is 14.2. The zero-order valence-electron chi connectivity index (χ0n) is 22.1. The molecule has 3 aromatic carbocycles. The van der Waals surface area contributed by atoms with Crippen molar-refractivity contribution in [1.29, 1.82) is 0 Å². The third kappa shape index (κ3) is 6.64. The van der Waals surface area contributed by atoms with Crippen LogP contribution in [0.3, 0.4) is 0 Å². The molecule has 1 saturated carbocycles. The van der Waals surface area contributed by atoms with Crippen LogP contribution in [0.1, 0.15) is 57.3 Å². The zero-order valence-corrected chi connectivity index (χ0v) is 22.1. The summed E-state index contributed by atoms with van der Waals surface area (Å²) in [5.74, 6) is -1.11. The molecule has 0 radical (unpaired) electrons. The lowest BCUT2D eigenvalue weighted by Crippen LogP contribution is -2.25. The van der Waals surface area contributed by atoms with Crippen LogP contribution in [0.4, 0.5) is 23.2 Å². The minimum absolute atomic E-state index is 0.144. The van der Waals surface area contributed by atoms with Gasteiger partial charge in [-0.25, -0.2) is 9.07 Å². The van der Waals surface area contributed by atoms with Gasteiger partial charge < -0.3 is 22.1 Å². The van der Waals surface area contributed by atoms with Crippen molar-refractivity contribution in [3.05, 3.63) is 112 Å². The molecule has 0 aliphatic heterocycles. The van der Waals surface area contributed by atoms with E-state index in [1.165, 1.54) is 24.3 Å². The molecular weight excluding hydrogens is 536 g/mol. The van der Waals surface area contributed by atoms with Crippen molar-refractivity contribution >= 4 is 11.6 Å². The van der Waals surface area contributed by atoms with Gasteiger partial charge in [0.25, 0.3) is 5.91 Å². The van der Waals surface area contributed by atoms with E-state index in [0.29, 0.717) is 29.7 Å². The lowest BCUT2D eigenvalue weighted by molar-refractivity contribution is -0.141. The topological polar surface area (TPSA) is 111 Å². The van der Waals surface area contributed by atoms with E-state index in [1.54, 1.807) is 18.2 Å². The SMILES string of the molecule is NCc1cccc(C(NCC2CC2)c2ccc(F)c(NC(=O)c3cc(C(F)(F)F)nn3-c3cccc(CN)c3)c2)c1. The second-order valence-electron chi connectivity index (χ2n) is 10.1. The van der Waals surface area contributed by atoms with Crippen LogP contribution in [0.2, 0.25) is 0 Å². The number of hydrogen-bond acceptors (Lipinski definition) is 5. The highest BCUT2D eigenvalue weighted by molar-refractivity contribution is 6.03. The maximum Gasteiger partial charge on any atom is 0.435 e. The fraction of sp³-hybridized carbons (Fsp3) is 0.267. The minimum Gasteiger partial charge on any atom is -0.326 e. The third-order valence-electron chi connectivity index (χ3n) is 7.02. The predicted octanol–water partition coefficient (Wildman–Crippen LogP) is 5.29. The van der Waals surface area contributed by atoms with Crippen molar-refractivity contribution in [2.45, 2.75) is 38.1 Å². The predicted molar refractivity (Wildman–Crippen MR) is 148 cm³/mol. The van der Waals surface area contributed by atoms with Crippen LogP contribution in [0.25, 0.3) is 5.69 Å². The average molecular weight is 567 g/mol. The van der Waals surface area contributed by atoms with Crippen LogP contribution in [-0.4, -0.2) is 22.2 Å². The molecule has 1 unspecified atom stereocenters. The van der Waals surface area contributed by atoms with E-state index in [4.69, 9.17) is 11.5 Å². The van der Waals surface area contributed by atoms with Gasteiger partial charge in [0.2, 0.25) is 0 Å². The summed E-state index contributed by atoms with van der Waals surface area (Å²) >= 11 is 0. The van der Waals surface area contributed by atoms with Gasteiger partial charge in [-0.2, -0.15) is 18.3 Å². The molecule has 7 nitrogen and oxygen atoms in total. The Morgan fingerprint density at radius 2 is 1.63 bits per heavy atom. The first-order chi connectivity index (χ1) is 19.7. The van der Waals surface area contributed by atoms with E-state index in [-0.39, 0.29) is 24.0 Å². The highest BCUT2D eigenvalue weighted by Crippen LogP contribution is 2.33. The zero-order chi connectivity index (χ0) is 29.1. The van der Waals surface area contributed by atoms with E-state index < -0.39 is 29.3 Å². The quantitative estimate of drug-likeness (QED) is 0.195. The third-order valence-corrected chi connectivity index (χ3v) is 7.02. The number of halogens is 4. The number of nitrogens with one attached hydrogen (secondary N) is 2. The Bertz CT molecular complexity index is 1550. The van der Waals surface area contributed by atoms with Gasteiger partial charge in [0, 0.05) is 19.2 Å². The number of carbonyl (C=O) groups excluding carboxylic acids is 1. The maximum atomic E-state index is 15.0. The van der Waals surface area contributed by atoms with Gasteiger partial charge in [0.05, 0.1) is 17.4 Å². The van der Waals surface area contributed by atoms with Gasteiger partial charge in [-0.15, -0.1) is 0 Å². The Morgan fingerprint density at radius 3 is 2.32 bits per heavy atom. The van der Waals surface area contributed by atoms with Gasteiger partial charge in [-0.05, 0) is 71.8 Å². The summed E-state index contributed by atoms with van der Waals surface area (Å²) in [7, 11) is 0. The molecule has 0 saturated heterocycles. The second-order valence-corrected chi connectivity index (χ2v) is 10.1. The molecule has 5 rings (SSSR count). The highest BCUT2D eigenvalue weighted by atomic mass is 19.4. The van der Waals surface area contributed by atoms with Crippen molar-refractivity contribution in [3.63, 3.8) is 0 Å². The molecule has 11 heteroatoms. The first-order valence-electron chi connectivity index (χ1n) is 13.3. The monoisotopic (exact) mass is 566 g/mol. The van der Waals surface area contributed by atoms with Crippen LogP contribution >= 0.6 is 0 Å². The number of alkyl halides is 3. The number of carbonyl (C=O) groups is 1. The summed E-state index contributed by atoms with van der Waals surface area (Å²) in [5.41, 5.74) is 13.1. The number of rotatable bonds is 10. The number of anilines is 1. The van der Waals surface area contributed by atoms with Crippen LogP contribution in [0.5, 0.6) is 0 Å². The largest absolute Gasteiger partial charge is 0.435 e. The van der Waals surface area contributed by atoms with Crippen LogP contribution < -0.4 is 22.1 Å². The number of nitrogens with two attached hydrogens (primary N) is 2. The number of aromatic nitrogens is 2. The summed E-state index contributed by atoms with van der Waals surface area (Å²) in [6.45, 7) is 1.26.